The largest absolute Gasteiger partial charge is 0.411 e. The van der Waals surface area contributed by atoms with E-state index in [9.17, 15) is 13.2 Å². The fourth-order valence-corrected chi connectivity index (χ4v) is 3.32. The average Bonchev–Trinajstić information content (AvgIpc) is 3.19. The Labute approximate surface area is 165 Å². The van der Waals surface area contributed by atoms with E-state index in [-0.39, 0.29) is 6.61 Å². The molecule has 0 amide bonds. The van der Waals surface area contributed by atoms with E-state index in [0.29, 0.717) is 18.2 Å². The molecule has 0 radical (unpaired) electrons. The van der Waals surface area contributed by atoms with Gasteiger partial charge in [-0.05, 0) is 31.0 Å². The Hall–Kier alpha value is -1.80. The van der Waals surface area contributed by atoms with Gasteiger partial charge in [0, 0.05) is 32.7 Å². The van der Waals surface area contributed by atoms with E-state index in [0.717, 1.165) is 24.6 Å². The Balaban J connectivity index is 1.66. The Morgan fingerprint density at radius 2 is 1.79 bits per heavy atom. The molecule has 2 N–H and O–H groups in total. The molecule has 158 valence electrons. The number of rotatable bonds is 9. The number of hydrogen-bond donors (Lipinski definition) is 2. The molecule has 1 aliphatic carbocycles. The van der Waals surface area contributed by atoms with Crippen LogP contribution in [0.3, 0.4) is 0 Å². The van der Waals surface area contributed by atoms with Crippen LogP contribution in [-0.2, 0) is 17.9 Å². The molecule has 0 bridgehead atoms. The fraction of sp³-hybridized carbons (Fsp3) is 0.650. The van der Waals surface area contributed by atoms with E-state index < -0.39 is 12.8 Å². The molecule has 1 fully saturated rings. The van der Waals surface area contributed by atoms with Gasteiger partial charge in [0.1, 0.15) is 6.61 Å². The predicted molar refractivity (Wildman–Crippen MR) is 105 cm³/mol. The molecule has 0 atom stereocenters. The maximum Gasteiger partial charge on any atom is 0.411 e. The summed E-state index contributed by atoms with van der Waals surface area (Å²) < 4.78 is 40.9. The van der Waals surface area contributed by atoms with E-state index in [1.165, 1.54) is 25.7 Å². The summed E-state index contributed by atoms with van der Waals surface area (Å²) >= 11 is 0. The van der Waals surface area contributed by atoms with E-state index in [2.05, 4.69) is 32.3 Å². The quantitative estimate of drug-likeness (QED) is 0.493. The molecule has 8 heteroatoms. The number of guanidine groups is 1. The van der Waals surface area contributed by atoms with E-state index in [4.69, 9.17) is 0 Å². The summed E-state index contributed by atoms with van der Waals surface area (Å²) in [6.07, 6.45) is 0.956. The van der Waals surface area contributed by atoms with Gasteiger partial charge in [-0.25, -0.2) is 0 Å². The Bertz CT molecular complexity index is 598. The van der Waals surface area contributed by atoms with Gasteiger partial charge in [0.15, 0.2) is 5.96 Å². The van der Waals surface area contributed by atoms with Gasteiger partial charge in [-0.2, -0.15) is 13.2 Å². The van der Waals surface area contributed by atoms with Crippen molar-refractivity contribution in [1.82, 2.24) is 15.5 Å². The van der Waals surface area contributed by atoms with Crippen molar-refractivity contribution in [2.24, 2.45) is 4.99 Å². The SMILES string of the molecule is CN=C(NCCN(C)C1CCCC1)NCc1ccc(COCC(F)(F)F)cc1. The summed E-state index contributed by atoms with van der Waals surface area (Å²) in [6, 6.07) is 8.01. The first-order valence-electron chi connectivity index (χ1n) is 9.74. The highest BCUT2D eigenvalue weighted by molar-refractivity contribution is 5.79. The van der Waals surface area contributed by atoms with Gasteiger partial charge >= 0.3 is 6.18 Å². The molecule has 1 aliphatic rings. The van der Waals surface area contributed by atoms with Crippen molar-refractivity contribution in [3.05, 3.63) is 35.4 Å². The van der Waals surface area contributed by atoms with Gasteiger partial charge in [0.2, 0.25) is 0 Å². The van der Waals surface area contributed by atoms with Crippen LogP contribution in [0.4, 0.5) is 13.2 Å². The van der Waals surface area contributed by atoms with Crippen molar-refractivity contribution in [2.75, 3.05) is 33.8 Å². The Morgan fingerprint density at radius 1 is 1.14 bits per heavy atom. The van der Waals surface area contributed by atoms with Crippen LogP contribution in [0, 0.1) is 0 Å². The van der Waals surface area contributed by atoms with Crippen LogP contribution in [-0.4, -0.2) is 56.9 Å². The number of nitrogens with one attached hydrogen (secondary N) is 2. The normalized spacial score (nSPS) is 16.0. The molecule has 2 rings (SSSR count). The number of likely N-dealkylation sites (N-methyl/N-ethyl adjacent to an activating group) is 1. The van der Waals surface area contributed by atoms with Crippen LogP contribution in [0.2, 0.25) is 0 Å². The highest BCUT2D eigenvalue weighted by atomic mass is 19.4. The highest BCUT2D eigenvalue weighted by Gasteiger charge is 2.27. The zero-order valence-corrected chi connectivity index (χ0v) is 16.7. The molecule has 28 heavy (non-hydrogen) atoms. The lowest BCUT2D eigenvalue weighted by Crippen LogP contribution is -2.42. The molecule has 1 aromatic rings. The van der Waals surface area contributed by atoms with E-state index in [1.807, 2.05) is 12.1 Å². The predicted octanol–water partition coefficient (Wildman–Crippen LogP) is 3.30. The first-order valence-corrected chi connectivity index (χ1v) is 9.74. The number of hydrogen-bond acceptors (Lipinski definition) is 3. The van der Waals surface area contributed by atoms with Crippen molar-refractivity contribution in [3.8, 4) is 0 Å². The fourth-order valence-electron chi connectivity index (χ4n) is 3.32. The van der Waals surface area contributed by atoms with Gasteiger partial charge in [0.05, 0.1) is 6.61 Å². The van der Waals surface area contributed by atoms with E-state index in [1.54, 1.807) is 19.2 Å². The van der Waals surface area contributed by atoms with Crippen LogP contribution in [0.1, 0.15) is 36.8 Å². The molecule has 0 aromatic heterocycles. The zero-order valence-electron chi connectivity index (χ0n) is 16.7. The molecule has 5 nitrogen and oxygen atoms in total. The molecule has 0 aliphatic heterocycles. The first-order chi connectivity index (χ1) is 13.4. The second-order valence-electron chi connectivity index (χ2n) is 7.20. The monoisotopic (exact) mass is 400 g/mol. The third-order valence-corrected chi connectivity index (χ3v) is 4.95. The van der Waals surface area contributed by atoms with Crippen LogP contribution >= 0.6 is 0 Å². The number of halogens is 3. The van der Waals surface area contributed by atoms with E-state index >= 15 is 0 Å². The van der Waals surface area contributed by atoms with Crippen molar-refractivity contribution in [1.29, 1.82) is 0 Å². The number of aliphatic imine (C=N–C) groups is 1. The van der Waals surface area contributed by atoms with Crippen LogP contribution in [0.5, 0.6) is 0 Å². The topological polar surface area (TPSA) is 48.9 Å². The van der Waals surface area contributed by atoms with Crippen molar-refractivity contribution in [2.45, 2.75) is 51.1 Å². The number of ether oxygens (including phenoxy) is 1. The average molecular weight is 400 g/mol. The first kappa shape index (κ1) is 22.5. The highest BCUT2D eigenvalue weighted by Crippen LogP contribution is 2.21. The van der Waals surface area contributed by atoms with Crippen LogP contribution in [0.25, 0.3) is 0 Å². The molecule has 1 saturated carbocycles. The lowest BCUT2D eigenvalue weighted by atomic mass is 10.1. The molecule has 0 unspecified atom stereocenters. The summed E-state index contributed by atoms with van der Waals surface area (Å²) in [7, 11) is 3.91. The van der Waals surface area contributed by atoms with Crippen molar-refractivity contribution >= 4 is 5.96 Å². The summed E-state index contributed by atoms with van der Waals surface area (Å²) in [5, 5.41) is 6.57. The standard InChI is InChI=1S/C20H31F3N4O/c1-24-19(25-11-12-27(2)18-5-3-4-6-18)26-13-16-7-9-17(10-8-16)14-28-15-20(21,22)23/h7-10,18H,3-6,11-15H2,1-2H3,(H2,24,25,26). The third-order valence-electron chi connectivity index (χ3n) is 4.95. The molecule has 1 aromatic carbocycles. The maximum absolute atomic E-state index is 12.1. The van der Waals surface area contributed by atoms with Gasteiger partial charge < -0.3 is 20.3 Å². The zero-order chi connectivity index (χ0) is 20.4. The summed E-state index contributed by atoms with van der Waals surface area (Å²) in [5.41, 5.74) is 1.73. The smallest absolute Gasteiger partial charge is 0.367 e. The van der Waals surface area contributed by atoms with Gasteiger partial charge in [-0.15, -0.1) is 0 Å². The molecular formula is C20H31F3N4O. The maximum atomic E-state index is 12.1. The number of nitrogens with zero attached hydrogens (tertiary/aromatic N) is 2. The minimum Gasteiger partial charge on any atom is -0.367 e. The summed E-state index contributed by atoms with van der Waals surface area (Å²) in [4.78, 5) is 6.64. The van der Waals surface area contributed by atoms with Crippen molar-refractivity contribution in [3.63, 3.8) is 0 Å². The number of benzene rings is 1. The third kappa shape index (κ3) is 8.48. The minimum absolute atomic E-state index is 0.0506. The lowest BCUT2D eigenvalue weighted by Gasteiger charge is -2.24. The summed E-state index contributed by atoms with van der Waals surface area (Å²) in [6.45, 7) is 1.10. The minimum atomic E-state index is -4.29. The van der Waals surface area contributed by atoms with Gasteiger partial charge in [-0.3, -0.25) is 4.99 Å². The molecular weight excluding hydrogens is 369 g/mol. The second-order valence-corrected chi connectivity index (χ2v) is 7.20. The second kappa shape index (κ2) is 11.3. The van der Waals surface area contributed by atoms with Crippen molar-refractivity contribution < 1.29 is 17.9 Å². The van der Waals surface area contributed by atoms with Crippen LogP contribution < -0.4 is 10.6 Å². The summed E-state index contributed by atoms with van der Waals surface area (Å²) in [5.74, 6) is 0.734. The van der Waals surface area contributed by atoms with Crippen LogP contribution in [0.15, 0.2) is 29.3 Å². The Morgan fingerprint density at radius 3 is 2.39 bits per heavy atom. The molecule has 0 spiro atoms. The number of alkyl halides is 3. The molecule has 0 saturated heterocycles. The molecule has 0 heterocycles. The van der Waals surface area contributed by atoms with Gasteiger partial charge in [-0.1, -0.05) is 37.1 Å². The van der Waals surface area contributed by atoms with Gasteiger partial charge in [0.25, 0.3) is 0 Å². The lowest BCUT2D eigenvalue weighted by molar-refractivity contribution is -0.176. The Kier molecular flexibility index (Phi) is 9.05.